The molecular formula is C9H10BrN3O2. The fourth-order valence-corrected chi connectivity index (χ4v) is 1.52. The molecule has 2 aromatic heterocycles. The van der Waals surface area contributed by atoms with Gasteiger partial charge in [-0.25, -0.2) is 0 Å². The van der Waals surface area contributed by atoms with Gasteiger partial charge in [0.05, 0.1) is 17.9 Å². The van der Waals surface area contributed by atoms with Gasteiger partial charge in [0.1, 0.15) is 0 Å². The van der Waals surface area contributed by atoms with Crippen LogP contribution in [0.4, 0.5) is 0 Å². The number of aromatic nitrogens is 2. The summed E-state index contributed by atoms with van der Waals surface area (Å²) in [5.74, 6) is 0.857. The van der Waals surface area contributed by atoms with Gasteiger partial charge in [-0.1, -0.05) is 6.92 Å². The molecule has 15 heavy (non-hydrogen) atoms. The lowest BCUT2D eigenvalue weighted by Gasteiger charge is -1.99. The Kier molecular flexibility index (Phi) is 2.88. The molecule has 0 bridgehead atoms. The van der Waals surface area contributed by atoms with Gasteiger partial charge in [-0.3, -0.25) is 0 Å². The van der Waals surface area contributed by atoms with Crippen molar-refractivity contribution in [3.05, 3.63) is 22.9 Å². The Labute approximate surface area is 94.8 Å². The van der Waals surface area contributed by atoms with Crippen LogP contribution in [-0.4, -0.2) is 10.2 Å². The maximum absolute atomic E-state index is 5.77. The third-order valence-electron chi connectivity index (χ3n) is 2.05. The van der Waals surface area contributed by atoms with Crippen LogP contribution in [0.5, 0.6) is 0 Å². The second-order valence-electron chi connectivity index (χ2n) is 3.07. The van der Waals surface area contributed by atoms with Gasteiger partial charge in [0.2, 0.25) is 5.89 Å². The largest absolute Gasteiger partial charge is 0.457 e. The van der Waals surface area contributed by atoms with E-state index in [1.807, 2.05) is 6.92 Å². The van der Waals surface area contributed by atoms with E-state index in [9.17, 15) is 0 Å². The van der Waals surface area contributed by atoms with Crippen LogP contribution in [0, 0.1) is 0 Å². The third-order valence-corrected chi connectivity index (χ3v) is 2.66. The zero-order valence-corrected chi connectivity index (χ0v) is 9.69. The first-order chi connectivity index (χ1) is 7.22. The van der Waals surface area contributed by atoms with Crippen molar-refractivity contribution in [3.8, 4) is 11.5 Å². The summed E-state index contributed by atoms with van der Waals surface area (Å²) in [7, 11) is 0. The summed E-state index contributed by atoms with van der Waals surface area (Å²) in [4.78, 5) is 0. The van der Waals surface area contributed by atoms with Crippen LogP contribution < -0.4 is 5.73 Å². The second-order valence-corrected chi connectivity index (χ2v) is 3.79. The average molecular weight is 272 g/mol. The van der Waals surface area contributed by atoms with Gasteiger partial charge in [-0.05, 0) is 28.4 Å². The molecule has 2 N–H and O–H groups in total. The lowest BCUT2D eigenvalue weighted by Crippen LogP contribution is -2.08. The molecule has 0 saturated carbocycles. The minimum Gasteiger partial charge on any atom is -0.457 e. The fraction of sp³-hybridized carbons (Fsp3) is 0.333. The number of hydrogen-bond donors (Lipinski definition) is 1. The summed E-state index contributed by atoms with van der Waals surface area (Å²) in [5.41, 5.74) is 6.50. The Balaban J connectivity index is 2.32. The maximum Gasteiger partial charge on any atom is 0.252 e. The van der Waals surface area contributed by atoms with E-state index in [4.69, 9.17) is 14.6 Å². The van der Waals surface area contributed by atoms with Crippen molar-refractivity contribution in [1.29, 1.82) is 0 Å². The monoisotopic (exact) mass is 271 g/mol. The van der Waals surface area contributed by atoms with E-state index in [-0.39, 0.29) is 6.04 Å². The Morgan fingerprint density at radius 2 is 2.33 bits per heavy atom. The molecular weight excluding hydrogens is 262 g/mol. The number of nitrogens with two attached hydrogens (primary N) is 1. The highest BCUT2D eigenvalue weighted by atomic mass is 79.9. The molecule has 1 unspecified atom stereocenters. The Morgan fingerprint density at radius 1 is 1.53 bits per heavy atom. The predicted octanol–water partition coefficient (Wildman–Crippen LogP) is 2.50. The highest BCUT2D eigenvalue weighted by Gasteiger charge is 2.16. The molecule has 2 aromatic rings. The SMILES string of the molecule is CCC(N)c1nnc(-c2ccoc2Br)o1. The summed E-state index contributed by atoms with van der Waals surface area (Å²) >= 11 is 3.24. The molecule has 0 aliphatic carbocycles. The lowest BCUT2D eigenvalue weighted by molar-refractivity contribution is 0.451. The number of halogens is 1. The molecule has 2 rings (SSSR count). The van der Waals surface area contributed by atoms with Gasteiger partial charge in [0.15, 0.2) is 4.67 Å². The summed E-state index contributed by atoms with van der Waals surface area (Å²) in [6.07, 6.45) is 2.30. The number of nitrogens with zero attached hydrogens (tertiary/aromatic N) is 2. The normalized spacial score (nSPS) is 13.0. The fourth-order valence-electron chi connectivity index (χ4n) is 1.11. The maximum atomic E-state index is 5.77. The van der Waals surface area contributed by atoms with Crippen molar-refractivity contribution in [2.45, 2.75) is 19.4 Å². The number of rotatable bonds is 3. The molecule has 0 aliphatic heterocycles. The molecule has 2 heterocycles. The van der Waals surface area contributed by atoms with E-state index in [2.05, 4.69) is 26.1 Å². The molecule has 1 atom stereocenters. The van der Waals surface area contributed by atoms with Crippen LogP contribution in [-0.2, 0) is 0 Å². The minimum atomic E-state index is -0.211. The van der Waals surface area contributed by atoms with Crippen LogP contribution in [0.3, 0.4) is 0 Å². The number of furan rings is 1. The topological polar surface area (TPSA) is 78.1 Å². The molecule has 6 heteroatoms. The molecule has 0 amide bonds. The first-order valence-corrected chi connectivity index (χ1v) is 5.34. The summed E-state index contributed by atoms with van der Waals surface area (Å²) < 4.78 is 11.1. The van der Waals surface area contributed by atoms with Crippen molar-refractivity contribution in [2.75, 3.05) is 0 Å². The zero-order chi connectivity index (χ0) is 10.8. The summed E-state index contributed by atoms with van der Waals surface area (Å²) in [6.45, 7) is 1.96. The lowest BCUT2D eigenvalue weighted by atomic mass is 10.2. The molecule has 80 valence electrons. The molecule has 0 fully saturated rings. The van der Waals surface area contributed by atoms with Crippen molar-refractivity contribution >= 4 is 15.9 Å². The Hall–Kier alpha value is -1.14. The molecule has 0 aromatic carbocycles. The van der Waals surface area contributed by atoms with E-state index in [1.165, 1.54) is 0 Å². The minimum absolute atomic E-state index is 0.211. The quantitative estimate of drug-likeness (QED) is 0.928. The Bertz CT molecular complexity index is 452. The van der Waals surface area contributed by atoms with Gasteiger partial charge < -0.3 is 14.6 Å². The standard InChI is InChI=1S/C9H10BrN3O2/c1-2-6(11)9-13-12-8(15-9)5-3-4-14-7(5)10/h3-4,6H,2,11H2,1H3. The first-order valence-electron chi connectivity index (χ1n) is 4.54. The van der Waals surface area contributed by atoms with E-state index >= 15 is 0 Å². The van der Waals surface area contributed by atoms with Gasteiger partial charge in [-0.2, -0.15) is 0 Å². The highest BCUT2D eigenvalue weighted by Crippen LogP contribution is 2.28. The van der Waals surface area contributed by atoms with Crippen LogP contribution in [0.2, 0.25) is 0 Å². The second kappa shape index (κ2) is 4.16. The average Bonchev–Trinajstić information content (AvgIpc) is 2.84. The Morgan fingerprint density at radius 3 is 2.93 bits per heavy atom. The highest BCUT2D eigenvalue weighted by molar-refractivity contribution is 9.10. The van der Waals surface area contributed by atoms with Crippen molar-refractivity contribution < 1.29 is 8.83 Å². The van der Waals surface area contributed by atoms with E-state index in [1.54, 1.807) is 12.3 Å². The first kappa shape index (κ1) is 10.4. The van der Waals surface area contributed by atoms with Crippen LogP contribution in [0.1, 0.15) is 25.3 Å². The van der Waals surface area contributed by atoms with Crippen molar-refractivity contribution in [1.82, 2.24) is 10.2 Å². The van der Waals surface area contributed by atoms with E-state index in [0.717, 1.165) is 12.0 Å². The van der Waals surface area contributed by atoms with Gasteiger partial charge in [-0.15, -0.1) is 10.2 Å². The third kappa shape index (κ3) is 1.95. The molecule has 0 saturated heterocycles. The van der Waals surface area contributed by atoms with Crippen LogP contribution in [0.15, 0.2) is 25.8 Å². The summed E-state index contributed by atoms with van der Waals surface area (Å²) in [5, 5.41) is 7.78. The van der Waals surface area contributed by atoms with E-state index < -0.39 is 0 Å². The molecule has 0 radical (unpaired) electrons. The molecule has 0 spiro atoms. The van der Waals surface area contributed by atoms with Gasteiger partial charge in [0, 0.05) is 0 Å². The zero-order valence-electron chi connectivity index (χ0n) is 8.11. The smallest absolute Gasteiger partial charge is 0.252 e. The van der Waals surface area contributed by atoms with Crippen LogP contribution in [0.25, 0.3) is 11.5 Å². The van der Waals surface area contributed by atoms with Gasteiger partial charge in [0.25, 0.3) is 5.89 Å². The molecule has 0 aliphatic rings. The molecule has 5 nitrogen and oxygen atoms in total. The van der Waals surface area contributed by atoms with E-state index in [0.29, 0.717) is 16.5 Å². The summed E-state index contributed by atoms with van der Waals surface area (Å²) in [6, 6.07) is 1.54. The predicted molar refractivity (Wildman–Crippen MR) is 56.9 cm³/mol. The number of hydrogen-bond acceptors (Lipinski definition) is 5. The van der Waals surface area contributed by atoms with Crippen molar-refractivity contribution in [3.63, 3.8) is 0 Å². The van der Waals surface area contributed by atoms with Crippen LogP contribution >= 0.6 is 15.9 Å². The van der Waals surface area contributed by atoms with Crippen molar-refractivity contribution in [2.24, 2.45) is 5.73 Å². The van der Waals surface area contributed by atoms with Gasteiger partial charge >= 0.3 is 0 Å².